The van der Waals surface area contributed by atoms with E-state index in [1.807, 2.05) is 0 Å². The zero-order chi connectivity index (χ0) is 42.6. The summed E-state index contributed by atoms with van der Waals surface area (Å²) in [4.78, 5) is 0. The second-order valence-electron chi connectivity index (χ2n) is 23.8. The average molecular weight is 1010 g/mol. The molecule has 0 radical (unpaired) electrons. The molecule has 11 heteroatoms. The fraction of sp³-hybridized carbons (Fsp3) is 0.521. The molecule has 0 nitrogen and oxygen atoms in total. The van der Waals surface area contributed by atoms with Crippen molar-refractivity contribution in [2.45, 2.75) is 166 Å². The zero-order valence-electron chi connectivity index (χ0n) is 42.1. The summed E-state index contributed by atoms with van der Waals surface area (Å²) in [5, 5.41) is 17.1. The van der Waals surface area contributed by atoms with Crippen LogP contribution in [0.4, 0.5) is 0 Å². The van der Waals surface area contributed by atoms with Crippen LogP contribution < -0.4 is 89.1 Å². The van der Waals surface area contributed by atoms with Gasteiger partial charge >= 0.3 is 21.7 Å². The monoisotopic (exact) mass is 1010 g/mol. The van der Waals surface area contributed by atoms with Crippen LogP contribution in [0.25, 0.3) is 0 Å². The number of hydrogen-bond acceptors (Lipinski definition) is 0. The smallest absolute Gasteiger partial charge is 1.00 e. The molecule has 4 rings (SSSR count). The zero-order valence-corrected chi connectivity index (χ0v) is 52.9. The van der Waals surface area contributed by atoms with Gasteiger partial charge in [-0.3, -0.25) is 0 Å². The second-order valence-corrected chi connectivity index (χ2v) is 57.6. The summed E-state index contributed by atoms with van der Waals surface area (Å²) in [6.45, 7) is 64.5. The standard InChI is InChI=1S/C48H81Si7.3ClH.Ti/c1-32-26-39(49(8,9)10)29-42(52(17,18)19)45(32)55(48-37(6)35(4)36(5)38(48)7,46-33(2)27-40(50(11,12)13)30-43(46)53(20,21)22)47-34(3)28-41(51(14,15)16)31-44(47)54(23,24)25;;;;/h26-31H,1-25H3;3*1H;/q-1;;;;+4/p-3. The molecule has 0 bridgehead atoms. The van der Waals surface area contributed by atoms with Gasteiger partial charge in [0, 0.05) is 0 Å². The molecule has 0 aliphatic heterocycles. The third-order valence-electron chi connectivity index (χ3n) is 13.0. The minimum absolute atomic E-state index is 0. The summed E-state index contributed by atoms with van der Waals surface area (Å²) in [7, 11) is -13.7. The molecular weight excluding hydrogens is 927 g/mol. The molecule has 0 saturated carbocycles. The average Bonchev–Trinajstić information content (AvgIpc) is 3.17. The summed E-state index contributed by atoms with van der Waals surface area (Å²) < 4.78 is 0. The van der Waals surface area contributed by atoms with Crippen molar-refractivity contribution in [1.82, 2.24) is 0 Å². The van der Waals surface area contributed by atoms with Crippen LogP contribution in [-0.4, -0.2) is 56.5 Å². The second kappa shape index (κ2) is 19.3. The fourth-order valence-corrected chi connectivity index (χ4v) is 29.7. The van der Waals surface area contributed by atoms with Crippen molar-refractivity contribution in [2.24, 2.45) is 0 Å². The van der Waals surface area contributed by atoms with E-state index in [4.69, 9.17) is 0 Å². The van der Waals surface area contributed by atoms with Crippen LogP contribution in [0.15, 0.2) is 36.4 Å². The Labute approximate surface area is 405 Å². The third-order valence-corrected chi connectivity index (χ3v) is 31.6. The van der Waals surface area contributed by atoms with Gasteiger partial charge in [-0.2, -0.15) is 22.3 Å². The predicted molar refractivity (Wildman–Crippen MR) is 277 cm³/mol. The maximum absolute atomic E-state index is 3.09. The van der Waals surface area contributed by atoms with E-state index in [1.165, 1.54) is 11.1 Å². The summed E-state index contributed by atoms with van der Waals surface area (Å²) in [5.41, 5.74) is 10.8. The number of benzene rings is 3. The van der Waals surface area contributed by atoms with Gasteiger partial charge in [-0.15, -0.1) is 5.19 Å². The van der Waals surface area contributed by atoms with E-state index in [0.717, 1.165) is 0 Å². The Morgan fingerprint density at radius 2 is 0.525 bits per heavy atom. The first-order valence-corrected chi connectivity index (χ1v) is 44.2. The van der Waals surface area contributed by atoms with Gasteiger partial charge in [-0.25, -0.2) is 0 Å². The van der Waals surface area contributed by atoms with Gasteiger partial charge in [0.1, 0.15) is 8.07 Å². The minimum Gasteiger partial charge on any atom is -1.00 e. The molecule has 0 unspecified atom stereocenters. The molecule has 4 aromatic rings. The van der Waals surface area contributed by atoms with Crippen molar-refractivity contribution in [1.29, 1.82) is 0 Å². The van der Waals surface area contributed by atoms with Crippen LogP contribution in [0.1, 0.15) is 38.9 Å². The Hall–Kier alpha value is 0.112. The van der Waals surface area contributed by atoms with Crippen molar-refractivity contribution in [3.8, 4) is 0 Å². The Bertz CT molecular complexity index is 1920. The predicted octanol–water partition coefficient (Wildman–Crippen LogP) is -0.777. The third kappa shape index (κ3) is 11.1. The number of hydrogen-bond donors (Lipinski definition) is 0. The number of aryl methyl sites for hydroxylation is 3. The fourth-order valence-electron chi connectivity index (χ4n) is 9.46. The Morgan fingerprint density at radius 3 is 0.695 bits per heavy atom. The molecule has 4 aromatic carbocycles. The maximum atomic E-state index is 2.80. The summed E-state index contributed by atoms with van der Waals surface area (Å²) >= 11 is 0. The van der Waals surface area contributed by atoms with Crippen LogP contribution in [0.2, 0.25) is 118 Å². The molecule has 0 aromatic heterocycles. The molecule has 0 spiro atoms. The Balaban J connectivity index is 0.00000841. The largest absolute Gasteiger partial charge is 4.00 e. The first-order chi connectivity index (χ1) is 24.5. The molecule has 0 N–H and O–H groups in total. The molecule has 0 aliphatic rings. The summed E-state index contributed by atoms with van der Waals surface area (Å²) in [6.07, 6.45) is 0. The van der Waals surface area contributed by atoms with E-state index in [-0.39, 0.29) is 58.9 Å². The molecule has 0 amide bonds. The van der Waals surface area contributed by atoms with Gasteiger partial charge in [0.25, 0.3) is 0 Å². The number of halogens is 3. The van der Waals surface area contributed by atoms with Crippen LogP contribution in [-0.2, 0) is 21.7 Å². The number of rotatable bonds is 10. The Kier molecular flexibility index (Phi) is 19.3. The van der Waals surface area contributed by atoms with Gasteiger partial charge in [-0.05, 0) is 20.8 Å². The van der Waals surface area contributed by atoms with E-state index < -0.39 is 56.5 Å². The molecule has 0 fully saturated rings. The van der Waals surface area contributed by atoms with Crippen LogP contribution in [0.5, 0.6) is 0 Å². The normalized spacial score (nSPS) is 13.0. The van der Waals surface area contributed by atoms with Crippen molar-refractivity contribution in [3.63, 3.8) is 0 Å². The molecular formula is C48H81Cl3Si7Ti. The van der Waals surface area contributed by atoms with Gasteiger partial charge < -0.3 is 37.2 Å². The quantitative estimate of drug-likeness (QED) is 0.111. The van der Waals surface area contributed by atoms with E-state index in [0.29, 0.717) is 0 Å². The topological polar surface area (TPSA) is 0 Å². The van der Waals surface area contributed by atoms with Crippen molar-refractivity contribution >= 4 is 108 Å². The van der Waals surface area contributed by atoms with E-state index in [1.54, 1.807) is 79.7 Å². The molecule has 59 heavy (non-hydrogen) atoms. The van der Waals surface area contributed by atoms with Crippen molar-refractivity contribution in [3.05, 3.63) is 75.3 Å². The summed E-state index contributed by atoms with van der Waals surface area (Å²) in [5.74, 6) is 0. The van der Waals surface area contributed by atoms with Crippen LogP contribution in [0, 0.1) is 48.5 Å². The van der Waals surface area contributed by atoms with E-state index in [2.05, 4.69) is 203 Å². The van der Waals surface area contributed by atoms with Gasteiger partial charge in [0.2, 0.25) is 0 Å². The molecule has 0 saturated heterocycles. The molecule has 0 atom stereocenters. The minimum atomic E-state index is -3.09. The van der Waals surface area contributed by atoms with Crippen molar-refractivity contribution in [2.75, 3.05) is 0 Å². The molecule has 326 valence electrons. The summed E-state index contributed by atoms with van der Waals surface area (Å²) in [6, 6.07) is 16.5. The Morgan fingerprint density at radius 1 is 0.322 bits per heavy atom. The first kappa shape index (κ1) is 59.1. The van der Waals surface area contributed by atoms with Crippen LogP contribution in [0.3, 0.4) is 0 Å². The van der Waals surface area contributed by atoms with Crippen LogP contribution >= 0.6 is 0 Å². The van der Waals surface area contributed by atoms with Gasteiger partial charge in [0.15, 0.2) is 0 Å². The van der Waals surface area contributed by atoms with E-state index in [9.17, 15) is 0 Å². The maximum Gasteiger partial charge on any atom is 4.00 e. The van der Waals surface area contributed by atoms with Gasteiger partial charge in [-0.1, -0.05) is 245 Å². The molecule has 0 heterocycles. The first-order valence-electron chi connectivity index (χ1n) is 21.2. The van der Waals surface area contributed by atoms with Crippen molar-refractivity contribution < 1.29 is 58.9 Å². The van der Waals surface area contributed by atoms with Gasteiger partial charge in [0.05, 0.1) is 48.4 Å². The SMILES string of the molecule is Cc1cc([Si](C)(C)C)cc([Si](C)(C)C)c1[Si](c1c(C)cc([Si](C)(C)C)cc1[Si](C)(C)C)(c1c(C)cc([Si](C)(C)C)cc1[Si](C)(C)C)[c-]1c(C)c(C)c(C)c1C.[Cl-].[Cl-].[Cl-].[Ti+4]. The molecule has 0 aliphatic carbocycles. The van der Waals surface area contributed by atoms with E-state index >= 15 is 0 Å².